The Balaban J connectivity index is 1.47. The molecule has 1 aromatic heterocycles. The third kappa shape index (κ3) is 5.63. The molecule has 0 saturated carbocycles. The number of allylic oxidation sites excluding steroid dienone is 1. The fourth-order valence-corrected chi connectivity index (χ4v) is 5.11. The van der Waals surface area contributed by atoms with Gasteiger partial charge in [-0.25, -0.2) is 4.79 Å². The summed E-state index contributed by atoms with van der Waals surface area (Å²) in [5.74, 6) is -0.207. The SMILES string of the molecule is CC(C)(C)C1CCc2nc3ccccc3c(C(=O)OCC(=O)NCCC3=CCCCC3)c2C1. The number of nitrogens with one attached hydrogen (secondary N) is 1. The van der Waals surface area contributed by atoms with Crippen LogP contribution in [0.4, 0.5) is 0 Å². The lowest BCUT2D eigenvalue weighted by molar-refractivity contribution is -0.124. The number of hydrogen-bond acceptors (Lipinski definition) is 4. The molecule has 2 aromatic rings. The Morgan fingerprint density at radius 2 is 1.97 bits per heavy atom. The molecule has 1 heterocycles. The van der Waals surface area contributed by atoms with E-state index in [0.29, 0.717) is 18.0 Å². The Bertz CT molecular complexity index is 1060. The summed E-state index contributed by atoms with van der Waals surface area (Å²) in [6, 6.07) is 7.73. The first kappa shape index (κ1) is 23.5. The quantitative estimate of drug-likeness (QED) is 0.465. The molecule has 33 heavy (non-hydrogen) atoms. The van der Waals surface area contributed by atoms with Crippen LogP contribution >= 0.6 is 0 Å². The van der Waals surface area contributed by atoms with Gasteiger partial charge in [-0.3, -0.25) is 9.78 Å². The molecule has 0 spiro atoms. The number of fused-ring (bicyclic) bond motifs is 2. The van der Waals surface area contributed by atoms with Crippen molar-refractivity contribution in [1.29, 1.82) is 0 Å². The number of esters is 1. The first-order valence-electron chi connectivity index (χ1n) is 12.3. The standard InChI is InChI=1S/C28H36N2O3/c1-28(2,3)20-13-14-24-22(17-20)26(21-11-7-8-12-23(21)30-24)27(32)33-18-25(31)29-16-15-19-9-5-4-6-10-19/h7-9,11-12,20H,4-6,10,13-18H2,1-3H3,(H,29,31). The molecule has 0 saturated heterocycles. The Hall–Kier alpha value is -2.69. The fraction of sp³-hybridized carbons (Fsp3) is 0.536. The summed E-state index contributed by atoms with van der Waals surface area (Å²) in [7, 11) is 0. The molecule has 1 amide bonds. The van der Waals surface area contributed by atoms with Gasteiger partial charge < -0.3 is 10.1 Å². The lowest BCUT2D eigenvalue weighted by atomic mass is 9.70. The normalized spacial score (nSPS) is 18.4. The molecule has 1 aromatic carbocycles. The molecule has 4 rings (SSSR count). The van der Waals surface area contributed by atoms with Gasteiger partial charge in [0.05, 0.1) is 11.1 Å². The number of aromatic nitrogens is 1. The van der Waals surface area contributed by atoms with E-state index in [1.165, 1.54) is 18.4 Å². The summed E-state index contributed by atoms with van der Waals surface area (Å²) in [4.78, 5) is 30.5. The number of amides is 1. The summed E-state index contributed by atoms with van der Waals surface area (Å²) in [6.07, 6.45) is 10.7. The number of benzene rings is 1. The lowest BCUT2D eigenvalue weighted by Gasteiger charge is -2.35. The Morgan fingerprint density at radius 3 is 2.73 bits per heavy atom. The third-order valence-electron chi connectivity index (χ3n) is 7.18. The highest BCUT2D eigenvalue weighted by atomic mass is 16.5. The average molecular weight is 449 g/mol. The van der Waals surface area contributed by atoms with Gasteiger partial charge in [0, 0.05) is 17.6 Å². The van der Waals surface area contributed by atoms with Gasteiger partial charge >= 0.3 is 5.97 Å². The van der Waals surface area contributed by atoms with Gasteiger partial charge in [0.2, 0.25) is 0 Å². The second-order valence-corrected chi connectivity index (χ2v) is 10.5. The van der Waals surface area contributed by atoms with Crippen LogP contribution in [-0.4, -0.2) is 30.0 Å². The van der Waals surface area contributed by atoms with Crippen LogP contribution in [-0.2, 0) is 22.4 Å². The minimum absolute atomic E-state index is 0.151. The predicted octanol–water partition coefficient (Wildman–Crippen LogP) is 5.55. The number of carbonyl (C=O) groups is 2. The monoisotopic (exact) mass is 448 g/mol. The summed E-state index contributed by atoms with van der Waals surface area (Å²) in [6.45, 7) is 7.09. The Morgan fingerprint density at radius 1 is 1.15 bits per heavy atom. The zero-order chi connectivity index (χ0) is 23.4. The molecule has 176 valence electrons. The number of carbonyl (C=O) groups excluding carboxylic acids is 2. The van der Waals surface area contributed by atoms with E-state index in [1.807, 2.05) is 24.3 Å². The van der Waals surface area contributed by atoms with Crippen molar-refractivity contribution in [3.05, 3.63) is 52.7 Å². The van der Waals surface area contributed by atoms with Crippen LogP contribution in [0.25, 0.3) is 10.9 Å². The molecule has 0 aliphatic heterocycles. The van der Waals surface area contributed by atoms with Gasteiger partial charge in [-0.05, 0) is 74.3 Å². The van der Waals surface area contributed by atoms with Gasteiger partial charge in [0.1, 0.15) is 0 Å². The van der Waals surface area contributed by atoms with E-state index in [4.69, 9.17) is 9.72 Å². The molecule has 0 bridgehead atoms. The van der Waals surface area contributed by atoms with Crippen LogP contribution in [0.15, 0.2) is 35.9 Å². The highest BCUT2D eigenvalue weighted by Crippen LogP contribution is 2.39. The molecule has 0 radical (unpaired) electrons. The second kappa shape index (κ2) is 10.1. The molecule has 2 aliphatic carbocycles. The van der Waals surface area contributed by atoms with Crippen molar-refractivity contribution < 1.29 is 14.3 Å². The molecule has 1 N–H and O–H groups in total. The number of rotatable bonds is 6. The minimum atomic E-state index is -0.426. The van der Waals surface area contributed by atoms with E-state index in [1.54, 1.807) is 0 Å². The van der Waals surface area contributed by atoms with Crippen LogP contribution < -0.4 is 5.32 Å². The van der Waals surface area contributed by atoms with E-state index in [2.05, 4.69) is 32.2 Å². The van der Waals surface area contributed by atoms with Gasteiger partial charge in [-0.2, -0.15) is 0 Å². The third-order valence-corrected chi connectivity index (χ3v) is 7.18. The largest absolute Gasteiger partial charge is 0.452 e. The van der Waals surface area contributed by atoms with Gasteiger partial charge in [0.15, 0.2) is 6.61 Å². The number of nitrogens with zero attached hydrogens (tertiary/aromatic N) is 1. The molecular formula is C28H36N2O3. The number of ether oxygens (including phenoxy) is 1. The van der Waals surface area contributed by atoms with E-state index < -0.39 is 5.97 Å². The second-order valence-electron chi connectivity index (χ2n) is 10.5. The van der Waals surface area contributed by atoms with Crippen molar-refractivity contribution in [1.82, 2.24) is 10.3 Å². The van der Waals surface area contributed by atoms with Crippen molar-refractivity contribution in [2.24, 2.45) is 11.3 Å². The maximum Gasteiger partial charge on any atom is 0.339 e. The molecular weight excluding hydrogens is 412 g/mol. The Kier molecular flexibility index (Phi) is 7.16. The summed E-state index contributed by atoms with van der Waals surface area (Å²) in [5.41, 5.74) is 4.95. The van der Waals surface area contributed by atoms with Gasteiger partial charge in [-0.1, -0.05) is 50.6 Å². The number of pyridine rings is 1. The van der Waals surface area contributed by atoms with Crippen molar-refractivity contribution >= 4 is 22.8 Å². The van der Waals surface area contributed by atoms with Crippen LogP contribution in [0, 0.1) is 11.3 Å². The number of hydrogen-bond donors (Lipinski definition) is 1. The topological polar surface area (TPSA) is 68.3 Å². The average Bonchev–Trinajstić information content (AvgIpc) is 2.80. The van der Waals surface area contributed by atoms with Crippen LogP contribution in [0.3, 0.4) is 0 Å². The van der Waals surface area contributed by atoms with Crippen molar-refractivity contribution in [2.45, 2.75) is 72.1 Å². The molecule has 5 heteroatoms. The van der Waals surface area contributed by atoms with Crippen molar-refractivity contribution in [3.8, 4) is 0 Å². The smallest absolute Gasteiger partial charge is 0.339 e. The van der Waals surface area contributed by atoms with Crippen molar-refractivity contribution in [2.75, 3.05) is 13.2 Å². The van der Waals surface area contributed by atoms with Crippen molar-refractivity contribution in [3.63, 3.8) is 0 Å². The number of aryl methyl sites for hydroxylation is 1. The zero-order valence-corrected chi connectivity index (χ0v) is 20.2. The molecule has 1 atom stereocenters. The molecule has 5 nitrogen and oxygen atoms in total. The zero-order valence-electron chi connectivity index (χ0n) is 20.2. The molecule has 1 unspecified atom stereocenters. The van der Waals surface area contributed by atoms with Crippen LogP contribution in [0.2, 0.25) is 0 Å². The predicted molar refractivity (Wildman–Crippen MR) is 131 cm³/mol. The van der Waals surface area contributed by atoms with Gasteiger partial charge in [-0.15, -0.1) is 0 Å². The van der Waals surface area contributed by atoms with E-state index in [-0.39, 0.29) is 17.9 Å². The summed E-state index contributed by atoms with van der Waals surface area (Å²) in [5, 5.41) is 3.70. The Labute approximate surface area is 197 Å². The van der Waals surface area contributed by atoms with Crippen LogP contribution in [0.5, 0.6) is 0 Å². The van der Waals surface area contributed by atoms with Gasteiger partial charge in [0.25, 0.3) is 5.91 Å². The molecule has 0 fully saturated rings. The highest BCUT2D eigenvalue weighted by molar-refractivity contribution is 6.05. The molecule has 2 aliphatic rings. The fourth-order valence-electron chi connectivity index (χ4n) is 5.11. The first-order chi connectivity index (χ1) is 15.8. The number of para-hydroxylation sites is 1. The maximum absolute atomic E-state index is 13.3. The maximum atomic E-state index is 13.3. The first-order valence-corrected chi connectivity index (χ1v) is 12.3. The van der Waals surface area contributed by atoms with E-state index in [0.717, 1.165) is 60.7 Å². The van der Waals surface area contributed by atoms with Crippen LogP contribution in [0.1, 0.15) is 80.9 Å². The summed E-state index contributed by atoms with van der Waals surface area (Å²) >= 11 is 0. The minimum Gasteiger partial charge on any atom is -0.452 e. The summed E-state index contributed by atoms with van der Waals surface area (Å²) < 4.78 is 5.53. The van der Waals surface area contributed by atoms with E-state index >= 15 is 0 Å². The lowest BCUT2D eigenvalue weighted by Crippen LogP contribution is -2.31. The van der Waals surface area contributed by atoms with E-state index in [9.17, 15) is 9.59 Å². The highest BCUT2D eigenvalue weighted by Gasteiger charge is 2.33.